The molecule has 11 N–H and O–H groups in total. The van der Waals surface area contributed by atoms with Crippen LogP contribution in [-0.4, -0.2) is 103 Å². The molecule has 0 aromatic carbocycles. The minimum atomic E-state index is 0.583. The zero-order chi connectivity index (χ0) is 30.2. The van der Waals surface area contributed by atoms with Gasteiger partial charge in [-0.3, -0.25) is 0 Å². The Morgan fingerprint density at radius 3 is 1.00 bits per heavy atom. The van der Waals surface area contributed by atoms with Gasteiger partial charge in [0.25, 0.3) is 0 Å². The number of nitrogens with two attached hydrogens (primary N) is 2. The molecule has 0 aromatic rings. The van der Waals surface area contributed by atoms with Crippen molar-refractivity contribution in [2.45, 2.75) is 129 Å². The number of hydrogen-bond donors (Lipinski definition) is 9. The second kappa shape index (κ2) is 32.6. The van der Waals surface area contributed by atoms with Gasteiger partial charge in [0.05, 0.1) is 0 Å². The standard InChI is InChI=1S/C32H75N9/c1-5-9-13-31(27-29(11-7-3)38-23-19-35-17-15-33)40-25-21-37-22-26-41-32(14-10-6-2)28-30(12-8-4)39-24-20-36-18-16-34/h29-32,35-41H,5-28,33-34H2,1-4H3. The van der Waals surface area contributed by atoms with E-state index in [2.05, 4.69) is 64.9 Å². The second-order valence-corrected chi connectivity index (χ2v) is 11.8. The van der Waals surface area contributed by atoms with Gasteiger partial charge in [-0.05, 0) is 38.5 Å². The highest BCUT2D eigenvalue weighted by atomic mass is 15.0. The maximum atomic E-state index is 5.59. The number of rotatable bonds is 34. The molecule has 0 heterocycles. The summed E-state index contributed by atoms with van der Waals surface area (Å²) in [5, 5.41) is 25.8. The van der Waals surface area contributed by atoms with Crippen LogP contribution in [0.3, 0.4) is 0 Å². The summed E-state index contributed by atoms with van der Waals surface area (Å²) in [4.78, 5) is 0. The highest BCUT2D eigenvalue weighted by molar-refractivity contribution is 4.79. The van der Waals surface area contributed by atoms with Gasteiger partial charge in [0.1, 0.15) is 0 Å². The molecule has 9 nitrogen and oxygen atoms in total. The first kappa shape index (κ1) is 40.6. The first-order valence-corrected chi connectivity index (χ1v) is 17.6. The van der Waals surface area contributed by atoms with Crippen molar-refractivity contribution in [1.29, 1.82) is 0 Å². The molecule has 0 amide bonds. The predicted molar refractivity (Wildman–Crippen MR) is 182 cm³/mol. The fraction of sp³-hybridized carbons (Fsp3) is 1.00. The van der Waals surface area contributed by atoms with E-state index in [0.29, 0.717) is 37.3 Å². The summed E-state index contributed by atoms with van der Waals surface area (Å²) < 4.78 is 0. The summed E-state index contributed by atoms with van der Waals surface area (Å²) in [5.41, 5.74) is 11.2. The van der Waals surface area contributed by atoms with Gasteiger partial charge in [0, 0.05) is 103 Å². The van der Waals surface area contributed by atoms with Crippen LogP contribution < -0.4 is 48.7 Å². The Labute approximate surface area is 256 Å². The molecule has 0 bridgehead atoms. The van der Waals surface area contributed by atoms with Gasteiger partial charge >= 0.3 is 0 Å². The van der Waals surface area contributed by atoms with Crippen LogP contribution in [0.15, 0.2) is 0 Å². The molecule has 9 heteroatoms. The van der Waals surface area contributed by atoms with Crippen LogP contribution in [0.25, 0.3) is 0 Å². The molecule has 0 aliphatic heterocycles. The van der Waals surface area contributed by atoms with Crippen LogP contribution in [0.1, 0.15) is 105 Å². The van der Waals surface area contributed by atoms with Crippen molar-refractivity contribution in [2.24, 2.45) is 11.5 Å². The Hall–Kier alpha value is -0.360. The maximum absolute atomic E-state index is 5.59. The lowest BCUT2D eigenvalue weighted by molar-refractivity contribution is 0.349. The van der Waals surface area contributed by atoms with E-state index in [1.54, 1.807) is 0 Å². The number of unbranched alkanes of at least 4 members (excludes halogenated alkanes) is 2. The number of nitrogens with one attached hydrogen (secondary N) is 7. The zero-order valence-electron chi connectivity index (χ0n) is 27.9. The van der Waals surface area contributed by atoms with Crippen molar-refractivity contribution < 1.29 is 0 Å². The first-order chi connectivity index (χ1) is 20.1. The van der Waals surface area contributed by atoms with E-state index >= 15 is 0 Å². The van der Waals surface area contributed by atoms with E-state index in [9.17, 15) is 0 Å². The van der Waals surface area contributed by atoms with E-state index in [-0.39, 0.29) is 0 Å². The molecular formula is C32H75N9. The molecule has 0 aliphatic carbocycles. The summed E-state index contributed by atoms with van der Waals surface area (Å²) in [6, 6.07) is 2.34. The third kappa shape index (κ3) is 27.0. The van der Waals surface area contributed by atoms with Crippen molar-refractivity contribution in [3.8, 4) is 0 Å². The highest BCUT2D eigenvalue weighted by Gasteiger charge is 2.16. The molecule has 0 aliphatic rings. The Morgan fingerprint density at radius 1 is 0.390 bits per heavy atom. The minimum absolute atomic E-state index is 0.583. The fourth-order valence-electron chi connectivity index (χ4n) is 5.54. The summed E-state index contributed by atoms with van der Waals surface area (Å²) in [6.07, 6.45) is 15.0. The maximum Gasteiger partial charge on any atom is 0.00824 e. The van der Waals surface area contributed by atoms with Gasteiger partial charge in [-0.2, -0.15) is 0 Å². The zero-order valence-corrected chi connectivity index (χ0v) is 27.9. The smallest absolute Gasteiger partial charge is 0.00824 e. The molecule has 0 aromatic heterocycles. The molecule has 0 saturated heterocycles. The molecular weight excluding hydrogens is 510 g/mol. The van der Waals surface area contributed by atoms with E-state index in [1.165, 1.54) is 77.0 Å². The lowest BCUT2D eigenvalue weighted by Gasteiger charge is -2.26. The topological polar surface area (TPSA) is 136 Å². The van der Waals surface area contributed by atoms with E-state index in [1.807, 2.05) is 0 Å². The van der Waals surface area contributed by atoms with Crippen molar-refractivity contribution in [1.82, 2.24) is 37.2 Å². The summed E-state index contributed by atoms with van der Waals surface area (Å²) in [6.45, 7) is 20.5. The lowest BCUT2D eigenvalue weighted by Crippen LogP contribution is -2.44. The van der Waals surface area contributed by atoms with Crippen LogP contribution in [-0.2, 0) is 0 Å². The van der Waals surface area contributed by atoms with Gasteiger partial charge in [0.15, 0.2) is 0 Å². The summed E-state index contributed by atoms with van der Waals surface area (Å²) >= 11 is 0. The normalized spacial score (nSPS) is 14.8. The second-order valence-electron chi connectivity index (χ2n) is 11.8. The molecule has 0 spiro atoms. The van der Waals surface area contributed by atoms with Gasteiger partial charge in [-0.25, -0.2) is 0 Å². The van der Waals surface area contributed by atoms with Crippen LogP contribution in [0, 0.1) is 0 Å². The minimum Gasteiger partial charge on any atom is -0.329 e. The molecule has 0 rings (SSSR count). The third-order valence-electron chi connectivity index (χ3n) is 7.81. The van der Waals surface area contributed by atoms with Gasteiger partial charge < -0.3 is 48.7 Å². The molecule has 4 atom stereocenters. The lowest BCUT2D eigenvalue weighted by atomic mass is 9.98. The summed E-state index contributed by atoms with van der Waals surface area (Å²) in [5.74, 6) is 0. The fourth-order valence-corrected chi connectivity index (χ4v) is 5.54. The van der Waals surface area contributed by atoms with Crippen molar-refractivity contribution in [2.75, 3.05) is 78.5 Å². The van der Waals surface area contributed by atoms with Crippen molar-refractivity contribution >= 4 is 0 Å². The molecule has 0 radical (unpaired) electrons. The van der Waals surface area contributed by atoms with Gasteiger partial charge in [-0.1, -0.05) is 66.2 Å². The van der Waals surface area contributed by atoms with Crippen molar-refractivity contribution in [3.63, 3.8) is 0 Å². The molecule has 248 valence electrons. The van der Waals surface area contributed by atoms with Gasteiger partial charge in [0.2, 0.25) is 0 Å². The monoisotopic (exact) mass is 586 g/mol. The molecule has 41 heavy (non-hydrogen) atoms. The number of hydrogen-bond acceptors (Lipinski definition) is 9. The van der Waals surface area contributed by atoms with Crippen LogP contribution in [0.2, 0.25) is 0 Å². The van der Waals surface area contributed by atoms with Crippen LogP contribution in [0.5, 0.6) is 0 Å². The summed E-state index contributed by atoms with van der Waals surface area (Å²) in [7, 11) is 0. The molecule has 4 unspecified atom stereocenters. The predicted octanol–water partition coefficient (Wildman–Crippen LogP) is 2.27. The Morgan fingerprint density at radius 2 is 0.707 bits per heavy atom. The SMILES string of the molecule is CCCCC(CC(CCC)NCCNCCN)NCCNCCNC(CCCC)CC(CCC)NCCNCCN. The molecule has 0 saturated carbocycles. The Kier molecular flexibility index (Phi) is 32.3. The quantitative estimate of drug-likeness (QED) is 0.0521. The first-order valence-electron chi connectivity index (χ1n) is 17.6. The largest absolute Gasteiger partial charge is 0.329 e. The third-order valence-corrected chi connectivity index (χ3v) is 7.81. The Bertz CT molecular complexity index is 456. The molecule has 0 fully saturated rings. The van der Waals surface area contributed by atoms with Crippen molar-refractivity contribution in [3.05, 3.63) is 0 Å². The van der Waals surface area contributed by atoms with E-state index < -0.39 is 0 Å². The highest BCUT2D eigenvalue weighted by Crippen LogP contribution is 2.12. The van der Waals surface area contributed by atoms with Gasteiger partial charge in [-0.15, -0.1) is 0 Å². The average Bonchev–Trinajstić information content (AvgIpc) is 2.97. The van der Waals surface area contributed by atoms with E-state index in [4.69, 9.17) is 11.5 Å². The van der Waals surface area contributed by atoms with Crippen LogP contribution in [0.4, 0.5) is 0 Å². The van der Waals surface area contributed by atoms with E-state index in [0.717, 1.165) is 65.4 Å². The van der Waals surface area contributed by atoms with Crippen LogP contribution >= 0.6 is 0 Å². The Balaban J connectivity index is 4.42. The average molecular weight is 586 g/mol.